The zero-order valence-corrected chi connectivity index (χ0v) is 14.3. The Morgan fingerprint density at radius 2 is 2.08 bits per heavy atom. The topological polar surface area (TPSA) is 57.8 Å². The standard InChI is InChI=1S/C21H23N3O/c25-19(18-6-16(12-23-18)15-2-1-3-22-11-15)24-21-9-14-4-13-5-17(10-21)20(21,7-13)8-14/h1-3,6,11-14,17,23H,4-5,7-10H2,(H,24,25). The van der Waals surface area contributed by atoms with Crippen molar-refractivity contribution in [2.75, 3.05) is 0 Å². The van der Waals surface area contributed by atoms with Gasteiger partial charge in [-0.05, 0) is 73.8 Å². The summed E-state index contributed by atoms with van der Waals surface area (Å²) in [5.74, 6) is 2.73. The Kier molecular flexibility index (Phi) is 2.56. The van der Waals surface area contributed by atoms with E-state index in [1.165, 1.54) is 38.5 Å². The maximum Gasteiger partial charge on any atom is 0.268 e. The average Bonchev–Trinajstić information content (AvgIpc) is 3.22. The van der Waals surface area contributed by atoms with Gasteiger partial charge < -0.3 is 10.3 Å². The van der Waals surface area contributed by atoms with Gasteiger partial charge in [0.05, 0.1) is 0 Å². The van der Waals surface area contributed by atoms with Gasteiger partial charge in [0.1, 0.15) is 5.69 Å². The molecular weight excluding hydrogens is 310 g/mol. The van der Waals surface area contributed by atoms with Crippen molar-refractivity contribution in [3.05, 3.63) is 42.5 Å². The maximum atomic E-state index is 13.0. The number of amides is 1. The summed E-state index contributed by atoms with van der Waals surface area (Å²) in [5.41, 5.74) is 3.25. The second-order valence-corrected chi connectivity index (χ2v) is 8.95. The fraction of sp³-hybridized carbons (Fsp3) is 0.524. The van der Waals surface area contributed by atoms with Crippen LogP contribution in [0, 0.1) is 23.2 Å². The first-order valence-corrected chi connectivity index (χ1v) is 9.59. The van der Waals surface area contributed by atoms with Crippen molar-refractivity contribution in [3.63, 3.8) is 0 Å². The van der Waals surface area contributed by atoms with Crippen molar-refractivity contribution >= 4 is 5.91 Å². The number of carbonyl (C=O) groups is 1. The summed E-state index contributed by atoms with van der Waals surface area (Å²) in [6.07, 6.45) is 13.5. The van der Waals surface area contributed by atoms with E-state index < -0.39 is 0 Å². The fourth-order valence-electron chi connectivity index (χ4n) is 7.12. The third kappa shape index (κ3) is 1.73. The number of nitrogens with one attached hydrogen (secondary N) is 2. The van der Waals surface area contributed by atoms with Crippen LogP contribution in [0.2, 0.25) is 0 Å². The van der Waals surface area contributed by atoms with Crippen LogP contribution < -0.4 is 5.32 Å². The molecule has 3 bridgehead atoms. The normalized spacial score (nSPS) is 39.9. The molecule has 4 saturated carbocycles. The summed E-state index contributed by atoms with van der Waals surface area (Å²) in [4.78, 5) is 20.3. The Balaban J connectivity index is 1.27. The van der Waals surface area contributed by atoms with Crippen LogP contribution in [0.5, 0.6) is 0 Å². The lowest BCUT2D eigenvalue weighted by molar-refractivity contribution is -0.0485. The zero-order valence-electron chi connectivity index (χ0n) is 14.3. The highest BCUT2D eigenvalue weighted by Gasteiger charge is 2.74. The molecule has 5 atom stereocenters. The Morgan fingerprint density at radius 3 is 2.96 bits per heavy atom. The van der Waals surface area contributed by atoms with Crippen molar-refractivity contribution in [3.8, 4) is 11.1 Å². The number of aromatic nitrogens is 2. The molecule has 128 valence electrons. The number of carbonyl (C=O) groups excluding carboxylic acids is 1. The average molecular weight is 333 g/mol. The number of rotatable bonds is 3. The summed E-state index contributed by atoms with van der Waals surface area (Å²) in [7, 11) is 0. The van der Waals surface area contributed by atoms with E-state index in [1.807, 2.05) is 30.6 Å². The monoisotopic (exact) mass is 333 g/mol. The van der Waals surface area contributed by atoms with Crippen LogP contribution in [0.15, 0.2) is 36.8 Å². The summed E-state index contributed by atoms with van der Waals surface area (Å²) in [6, 6.07) is 5.89. The van der Waals surface area contributed by atoms with Crippen LogP contribution in [0.25, 0.3) is 11.1 Å². The van der Waals surface area contributed by atoms with Crippen LogP contribution in [-0.2, 0) is 0 Å². The Morgan fingerprint density at radius 1 is 1.16 bits per heavy atom. The first-order valence-electron chi connectivity index (χ1n) is 9.59. The van der Waals surface area contributed by atoms with E-state index in [0.717, 1.165) is 28.9 Å². The fourth-order valence-corrected chi connectivity index (χ4v) is 7.12. The summed E-state index contributed by atoms with van der Waals surface area (Å²) in [5, 5.41) is 3.51. The molecule has 4 aliphatic rings. The molecule has 5 unspecified atom stereocenters. The van der Waals surface area contributed by atoms with Crippen LogP contribution in [-0.4, -0.2) is 21.4 Å². The third-order valence-electron chi connectivity index (χ3n) is 7.83. The number of fused-ring (bicyclic) bond motifs is 2. The predicted octanol–water partition coefficient (Wildman–Crippen LogP) is 3.78. The van der Waals surface area contributed by atoms with Crippen LogP contribution in [0.1, 0.15) is 49.0 Å². The van der Waals surface area contributed by atoms with Crippen molar-refractivity contribution in [2.24, 2.45) is 23.2 Å². The highest BCUT2D eigenvalue weighted by molar-refractivity contribution is 5.94. The van der Waals surface area contributed by atoms with Crippen LogP contribution in [0.3, 0.4) is 0 Å². The van der Waals surface area contributed by atoms with E-state index in [2.05, 4.69) is 15.3 Å². The first-order chi connectivity index (χ1) is 12.2. The number of pyridine rings is 1. The molecule has 0 aliphatic heterocycles. The van der Waals surface area contributed by atoms with E-state index in [9.17, 15) is 4.79 Å². The zero-order chi connectivity index (χ0) is 16.6. The number of nitrogens with zero attached hydrogens (tertiary/aromatic N) is 1. The SMILES string of the molecule is O=C(NC12CC3CC4CC(C1)C2(C4)C3)c1cc(-c2cccnc2)c[nH]1. The van der Waals surface area contributed by atoms with E-state index >= 15 is 0 Å². The molecule has 6 rings (SSSR count). The van der Waals surface area contributed by atoms with Crippen molar-refractivity contribution < 1.29 is 4.79 Å². The van der Waals surface area contributed by atoms with Gasteiger partial charge >= 0.3 is 0 Å². The molecular formula is C21H23N3O. The number of aromatic amines is 1. The molecule has 4 heteroatoms. The molecule has 0 aromatic carbocycles. The van der Waals surface area contributed by atoms with Crippen molar-refractivity contribution in [1.29, 1.82) is 0 Å². The van der Waals surface area contributed by atoms with Gasteiger partial charge in [-0.2, -0.15) is 0 Å². The van der Waals surface area contributed by atoms with Crippen molar-refractivity contribution in [2.45, 2.75) is 44.1 Å². The van der Waals surface area contributed by atoms with E-state index in [-0.39, 0.29) is 11.4 Å². The van der Waals surface area contributed by atoms with Gasteiger partial charge in [0.2, 0.25) is 0 Å². The van der Waals surface area contributed by atoms with Gasteiger partial charge in [-0.3, -0.25) is 9.78 Å². The molecule has 2 heterocycles. The summed E-state index contributed by atoms with van der Waals surface area (Å²) < 4.78 is 0. The number of hydrogen-bond donors (Lipinski definition) is 2. The molecule has 4 nitrogen and oxygen atoms in total. The molecule has 1 spiro atoms. The van der Waals surface area contributed by atoms with Gasteiger partial charge in [0, 0.05) is 35.3 Å². The molecule has 0 radical (unpaired) electrons. The minimum Gasteiger partial charge on any atom is -0.357 e. The second-order valence-electron chi connectivity index (χ2n) is 8.95. The molecule has 2 N–H and O–H groups in total. The quantitative estimate of drug-likeness (QED) is 0.898. The molecule has 4 fully saturated rings. The van der Waals surface area contributed by atoms with Gasteiger partial charge in [-0.25, -0.2) is 0 Å². The van der Waals surface area contributed by atoms with Gasteiger partial charge in [0.25, 0.3) is 5.91 Å². The molecule has 2 aromatic rings. The lowest BCUT2D eigenvalue weighted by atomic mass is 9.51. The molecule has 25 heavy (non-hydrogen) atoms. The van der Waals surface area contributed by atoms with Gasteiger partial charge in [-0.1, -0.05) is 6.07 Å². The molecule has 1 amide bonds. The highest BCUT2D eigenvalue weighted by Crippen LogP contribution is 2.77. The maximum absolute atomic E-state index is 13.0. The molecule has 2 aromatic heterocycles. The van der Waals surface area contributed by atoms with Crippen LogP contribution >= 0.6 is 0 Å². The van der Waals surface area contributed by atoms with E-state index in [4.69, 9.17) is 0 Å². The highest BCUT2D eigenvalue weighted by atomic mass is 16.2. The first kappa shape index (κ1) is 14.1. The number of hydrogen-bond acceptors (Lipinski definition) is 2. The molecule has 4 aliphatic carbocycles. The summed E-state index contributed by atoms with van der Waals surface area (Å²) in [6.45, 7) is 0. The minimum atomic E-state index is 0.0685. The largest absolute Gasteiger partial charge is 0.357 e. The van der Waals surface area contributed by atoms with Crippen molar-refractivity contribution in [1.82, 2.24) is 15.3 Å². The Labute approximate surface area is 147 Å². The Bertz CT molecular complexity index is 853. The molecule has 0 saturated heterocycles. The van der Waals surface area contributed by atoms with E-state index in [1.54, 1.807) is 6.20 Å². The van der Waals surface area contributed by atoms with E-state index in [0.29, 0.717) is 11.1 Å². The van der Waals surface area contributed by atoms with Gasteiger partial charge in [-0.15, -0.1) is 0 Å². The third-order valence-corrected chi connectivity index (χ3v) is 7.83. The summed E-state index contributed by atoms with van der Waals surface area (Å²) >= 11 is 0. The predicted molar refractivity (Wildman–Crippen MR) is 94.8 cm³/mol. The minimum absolute atomic E-state index is 0.0685. The smallest absolute Gasteiger partial charge is 0.268 e. The number of H-pyrrole nitrogens is 1. The second kappa shape index (κ2) is 4.54. The van der Waals surface area contributed by atoms with Gasteiger partial charge in [0.15, 0.2) is 0 Å². The lowest BCUT2D eigenvalue weighted by Crippen LogP contribution is -2.67. The Hall–Kier alpha value is -2.10. The lowest BCUT2D eigenvalue weighted by Gasteiger charge is -2.59. The van der Waals surface area contributed by atoms with Crippen LogP contribution in [0.4, 0.5) is 0 Å².